The lowest BCUT2D eigenvalue weighted by atomic mass is 10.1. The third-order valence-electron chi connectivity index (χ3n) is 3.53. The van der Waals surface area contributed by atoms with Gasteiger partial charge in [-0.1, -0.05) is 11.6 Å². The summed E-state index contributed by atoms with van der Waals surface area (Å²) in [6, 6.07) is 14.8. The number of phenols is 1. The van der Waals surface area contributed by atoms with Crippen LogP contribution in [0.2, 0.25) is 5.02 Å². The van der Waals surface area contributed by atoms with Crippen molar-refractivity contribution in [1.82, 2.24) is 10.2 Å². The van der Waals surface area contributed by atoms with Crippen molar-refractivity contribution in [1.29, 1.82) is 0 Å². The fourth-order valence-electron chi connectivity index (χ4n) is 2.45. The quantitative estimate of drug-likeness (QED) is 0.468. The lowest BCUT2D eigenvalue weighted by molar-refractivity contribution is 0.475. The van der Waals surface area contributed by atoms with Crippen molar-refractivity contribution in [2.24, 2.45) is 0 Å². The second-order valence-corrected chi connectivity index (χ2v) is 6.48. The normalized spacial score (nSPS) is 11.0. The lowest BCUT2D eigenvalue weighted by Crippen LogP contribution is -1.90. The van der Waals surface area contributed by atoms with Gasteiger partial charge in [-0.25, -0.2) is 0 Å². The monoisotopic (exact) mass is 341 g/mol. The van der Waals surface area contributed by atoms with Crippen LogP contribution in [0.5, 0.6) is 5.75 Å². The molecule has 4 aromatic rings. The number of hydrogen-bond acceptors (Lipinski definition) is 4. The first-order valence-electron chi connectivity index (χ1n) is 6.98. The maximum absolute atomic E-state index is 9.36. The Bertz CT molecular complexity index is 975. The van der Waals surface area contributed by atoms with Crippen LogP contribution in [0.25, 0.3) is 21.3 Å². The van der Waals surface area contributed by atoms with Crippen molar-refractivity contribution in [3.05, 3.63) is 58.9 Å². The number of hydrogen-bond donors (Lipinski definition) is 3. The summed E-state index contributed by atoms with van der Waals surface area (Å²) in [7, 11) is 0. The van der Waals surface area contributed by atoms with E-state index in [1.807, 2.05) is 41.8 Å². The third kappa shape index (κ3) is 2.76. The predicted octanol–water partition coefficient (Wildman–Crippen LogP) is 5.39. The second kappa shape index (κ2) is 5.61. The number of halogens is 1. The van der Waals surface area contributed by atoms with Crippen LogP contribution in [0.15, 0.2) is 53.9 Å². The van der Waals surface area contributed by atoms with Crippen LogP contribution >= 0.6 is 22.9 Å². The topological polar surface area (TPSA) is 60.9 Å². The summed E-state index contributed by atoms with van der Waals surface area (Å²) in [4.78, 5) is 0. The van der Waals surface area contributed by atoms with Gasteiger partial charge in [0.2, 0.25) is 0 Å². The molecule has 0 saturated carbocycles. The number of aromatic hydroxyl groups is 1. The van der Waals surface area contributed by atoms with Crippen LogP contribution in [0, 0.1) is 0 Å². The Balaban J connectivity index is 1.67. The predicted molar refractivity (Wildman–Crippen MR) is 95.8 cm³/mol. The molecule has 2 heterocycles. The first kappa shape index (κ1) is 14.1. The van der Waals surface area contributed by atoms with Crippen molar-refractivity contribution in [3.8, 4) is 17.0 Å². The van der Waals surface area contributed by atoms with Crippen LogP contribution < -0.4 is 5.32 Å². The minimum absolute atomic E-state index is 0.241. The third-order valence-corrected chi connectivity index (χ3v) is 4.72. The van der Waals surface area contributed by atoms with E-state index in [0.29, 0.717) is 10.8 Å². The Morgan fingerprint density at radius 3 is 2.74 bits per heavy atom. The molecule has 0 spiro atoms. The molecule has 114 valence electrons. The number of H-pyrrole nitrogens is 1. The zero-order chi connectivity index (χ0) is 15.8. The molecule has 6 heteroatoms. The number of rotatable bonds is 3. The highest BCUT2D eigenvalue weighted by atomic mass is 35.5. The van der Waals surface area contributed by atoms with Gasteiger partial charge in [-0.15, -0.1) is 11.3 Å². The van der Waals surface area contributed by atoms with Crippen LogP contribution in [0.4, 0.5) is 11.5 Å². The fraction of sp³-hybridized carbons (Fsp3) is 0. The van der Waals surface area contributed by atoms with Crippen molar-refractivity contribution in [3.63, 3.8) is 0 Å². The highest BCUT2D eigenvalue weighted by Crippen LogP contribution is 2.34. The summed E-state index contributed by atoms with van der Waals surface area (Å²) in [5.74, 6) is 0.954. The van der Waals surface area contributed by atoms with Gasteiger partial charge < -0.3 is 10.4 Å². The number of phenolic OH excluding ortho intramolecular Hbond substituents is 1. The molecule has 0 fully saturated rings. The van der Waals surface area contributed by atoms with Gasteiger partial charge in [0.25, 0.3) is 0 Å². The first-order valence-corrected chi connectivity index (χ1v) is 8.23. The van der Waals surface area contributed by atoms with E-state index < -0.39 is 0 Å². The van der Waals surface area contributed by atoms with Crippen LogP contribution in [0.3, 0.4) is 0 Å². The number of aromatic amines is 1. The summed E-state index contributed by atoms with van der Waals surface area (Å²) in [6.45, 7) is 0. The van der Waals surface area contributed by atoms with E-state index in [0.717, 1.165) is 27.0 Å². The lowest BCUT2D eigenvalue weighted by Gasteiger charge is -2.05. The van der Waals surface area contributed by atoms with E-state index in [2.05, 4.69) is 15.5 Å². The van der Waals surface area contributed by atoms with Crippen LogP contribution in [-0.4, -0.2) is 15.3 Å². The molecule has 0 aliphatic heterocycles. The zero-order valence-electron chi connectivity index (χ0n) is 11.9. The molecule has 4 nitrogen and oxygen atoms in total. The van der Waals surface area contributed by atoms with Gasteiger partial charge in [0.15, 0.2) is 5.82 Å². The average molecular weight is 342 g/mol. The highest BCUT2D eigenvalue weighted by molar-refractivity contribution is 7.17. The van der Waals surface area contributed by atoms with Gasteiger partial charge in [-0.05, 0) is 58.8 Å². The molecule has 0 bridgehead atoms. The number of aromatic nitrogens is 2. The SMILES string of the molecule is Oc1ccc(-c2cc(Nc3cc(Cl)cc4ccsc34)n[nH]2)cc1. The molecule has 3 N–H and O–H groups in total. The number of benzene rings is 2. The molecule has 4 rings (SSSR count). The Morgan fingerprint density at radius 1 is 1.09 bits per heavy atom. The minimum Gasteiger partial charge on any atom is -0.508 e. The molecular weight excluding hydrogens is 330 g/mol. The molecule has 2 aromatic carbocycles. The minimum atomic E-state index is 0.241. The zero-order valence-corrected chi connectivity index (χ0v) is 13.4. The number of nitrogens with one attached hydrogen (secondary N) is 2. The van der Waals surface area contributed by atoms with E-state index in [4.69, 9.17) is 11.6 Å². The van der Waals surface area contributed by atoms with E-state index in [-0.39, 0.29) is 5.75 Å². The fourth-order valence-corrected chi connectivity index (χ4v) is 3.53. The summed E-state index contributed by atoms with van der Waals surface area (Å²) in [5, 5.41) is 23.8. The van der Waals surface area contributed by atoms with Gasteiger partial charge in [-0.3, -0.25) is 5.10 Å². The molecule has 0 aliphatic rings. The van der Waals surface area contributed by atoms with Gasteiger partial charge in [0.05, 0.1) is 16.1 Å². The van der Waals surface area contributed by atoms with Gasteiger partial charge in [-0.2, -0.15) is 5.10 Å². The van der Waals surface area contributed by atoms with Gasteiger partial charge in [0.1, 0.15) is 5.75 Å². The molecule has 0 amide bonds. The first-order chi connectivity index (χ1) is 11.2. The summed E-state index contributed by atoms with van der Waals surface area (Å²) in [5.41, 5.74) is 2.76. The maximum Gasteiger partial charge on any atom is 0.152 e. The van der Waals surface area contributed by atoms with Gasteiger partial charge in [0, 0.05) is 11.1 Å². The molecule has 2 aromatic heterocycles. The van der Waals surface area contributed by atoms with E-state index >= 15 is 0 Å². The standard InChI is InChI=1S/C17H12ClN3OS/c18-12-7-11-5-6-23-17(11)15(8-12)19-16-9-14(20-21-16)10-1-3-13(22)4-2-10/h1-9,22H,(H2,19,20,21). The van der Waals surface area contributed by atoms with E-state index in [1.54, 1.807) is 23.5 Å². The molecular formula is C17H12ClN3OS. The highest BCUT2D eigenvalue weighted by Gasteiger charge is 2.08. The second-order valence-electron chi connectivity index (χ2n) is 5.13. The largest absolute Gasteiger partial charge is 0.508 e. The Morgan fingerprint density at radius 2 is 1.91 bits per heavy atom. The number of nitrogens with zero attached hydrogens (tertiary/aromatic N) is 1. The Kier molecular flexibility index (Phi) is 3.44. The van der Waals surface area contributed by atoms with E-state index in [1.165, 1.54) is 0 Å². The average Bonchev–Trinajstić information content (AvgIpc) is 3.17. The van der Waals surface area contributed by atoms with Crippen molar-refractivity contribution < 1.29 is 5.11 Å². The van der Waals surface area contributed by atoms with Crippen LogP contribution in [-0.2, 0) is 0 Å². The number of fused-ring (bicyclic) bond motifs is 1. The maximum atomic E-state index is 9.36. The molecule has 0 aliphatic carbocycles. The molecule has 0 unspecified atom stereocenters. The molecule has 0 radical (unpaired) electrons. The van der Waals surface area contributed by atoms with Crippen molar-refractivity contribution in [2.75, 3.05) is 5.32 Å². The molecule has 23 heavy (non-hydrogen) atoms. The summed E-state index contributed by atoms with van der Waals surface area (Å²) < 4.78 is 1.14. The Labute approximate surface area is 141 Å². The summed E-state index contributed by atoms with van der Waals surface area (Å²) >= 11 is 7.84. The van der Waals surface area contributed by atoms with Crippen LogP contribution in [0.1, 0.15) is 0 Å². The van der Waals surface area contributed by atoms with Crippen molar-refractivity contribution in [2.45, 2.75) is 0 Å². The number of thiophene rings is 1. The van der Waals surface area contributed by atoms with Crippen molar-refractivity contribution >= 4 is 44.5 Å². The number of anilines is 2. The van der Waals surface area contributed by atoms with Gasteiger partial charge >= 0.3 is 0 Å². The molecule has 0 atom stereocenters. The molecule has 0 saturated heterocycles. The Hall–Kier alpha value is -2.50. The summed E-state index contributed by atoms with van der Waals surface area (Å²) in [6.07, 6.45) is 0. The smallest absolute Gasteiger partial charge is 0.152 e. The van der Waals surface area contributed by atoms with E-state index in [9.17, 15) is 5.11 Å².